The highest BCUT2D eigenvalue weighted by Crippen LogP contribution is 2.30. The Bertz CT molecular complexity index is 984. The van der Waals surface area contributed by atoms with Crippen LogP contribution in [0.15, 0.2) is 36.8 Å². The lowest BCUT2D eigenvalue weighted by molar-refractivity contribution is 0.134. The number of thiazole rings is 1. The van der Waals surface area contributed by atoms with Crippen molar-refractivity contribution in [2.75, 3.05) is 31.6 Å². The molecule has 0 amide bonds. The fraction of sp³-hybridized carbons (Fsp3) is 0.455. The van der Waals surface area contributed by atoms with Crippen molar-refractivity contribution in [1.29, 1.82) is 0 Å². The van der Waals surface area contributed by atoms with Crippen LogP contribution in [0.25, 0.3) is 10.6 Å². The van der Waals surface area contributed by atoms with Crippen molar-refractivity contribution in [3.63, 3.8) is 0 Å². The first kappa shape index (κ1) is 20.3. The summed E-state index contributed by atoms with van der Waals surface area (Å²) in [5.74, 6) is 0.788. The third kappa shape index (κ3) is 5.36. The molecule has 1 atom stereocenters. The van der Waals surface area contributed by atoms with Gasteiger partial charge in [-0.3, -0.25) is 4.90 Å². The largest absolute Gasteiger partial charge is 0.458 e. The molecule has 0 aliphatic carbocycles. The molecule has 0 saturated carbocycles. The fourth-order valence-corrected chi connectivity index (χ4v) is 4.61. The zero-order valence-electron chi connectivity index (χ0n) is 17.4. The molecule has 3 aromatic heterocycles. The van der Waals surface area contributed by atoms with Gasteiger partial charge in [0, 0.05) is 31.6 Å². The van der Waals surface area contributed by atoms with Crippen LogP contribution in [0.5, 0.6) is 6.01 Å². The van der Waals surface area contributed by atoms with E-state index >= 15 is 0 Å². The molecule has 2 aliphatic rings. The second-order valence-corrected chi connectivity index (χ2v) is 8.90. The quantitative estimate of drug-likeness (QED) is 0.595. The average molecular weight is 439 g/mol. The second kappa shape index (κ2) is 9.67. The fourth-order valence-electron chi connectivity index (χ4n) is 3.82. The Kier molecular flexibility index (Phi) is 6.33. The first-order valence-corrected chi connectivity index (χ1v) is 11.6. The minimum atomic E-state index is 0.0258. The summed E-state index contributed by atoms with van der Waals surface area (Å²) in [6, 6.07) is 6.39. The van der Waals surface area contributed by atoms with Gasteiger partial charge in [0.1, 0.15) is 11.9 Å². The van der Waals surface area contributed by atoms with Crippen molar-refractivity contribution in [2.24, 2.45) is 0 Å². The molecule has 0 unspecified atom stereocenters. The van der Waals surface area contributed by atoms with E-state index in [9.17, 15) is 0 Å². The number of aromatic nitrogens is 4. The standard InChI is InChI=1S/C22H26N6O2S/c1-2-9-28(10-3-1)14-16-4-5-20(24-12-16)27-22-25-13-19(31-22)18-6-8-23-21(26-18)30-17-7-11-29-15-17/h4-6,8,12-13,17H,1-3,7,9-11,14-15H2,(H,24,25,27)/t17-/m0/s1. The van der Waals surface area contributed by atoms with Gasteiger partial charge in [0.25, 0.3) is 0 Å². The lowest BCUT2D eigenvalue weighted by atomic mass is 10.1. The van der Waals surface area contributed by atoms with Gasteiger partial charge in [-0.25, -0.2) is 15.0 Å². The summed E-state index contributed by atoms with van der Waals surface area (Å²) in [6.07, 6.45) is 10.3. The van der Waals surface area contributed by atoms with Crippen molar-refractivity contribution >= 4 is 22.3 Å². The number of nitrogens with one attached hydrogen (secondary N) is 1. The molecule has 5 rings (SSSR count). The maximum absolute atomic E-state index is 5.81. The number of hydrogen-bond donors (Lipinski definition) is 1. The van der Waals surface area contributed by atoms with E-state index in [1.807, 2.05) is 24.5 Å². The van der Waals surface area contributed by atoms with E-state index in [2.05, 4.69) is 36.2 Å². The van der Waals surface area contributed by atoms with E-state index in [-0.39, 0.29) is 6.10 Å². The highest BCUT2D eigenvalue weighted by Gasteiger charge is 2.19. The number of anilines is 2. The molecule has 2 saturated heterocycles. The summed E-state index contributed by atoms with van der Waals surface area (Å²) in [5, 5.41) is 4.06. The van der Waals surface area contributed by atoms with Gasteiger partial charge in [0.2, 0.25) is 0 Å². The first-order valence-electron chi connectivity index (χ1n) is 10.8. The number of rotatable bonds is 7. The molecule has 0 radical (unpaired) electrons. The van der Waals surface area contributed by atoms with Gasteiger partial charge in [-0.15, -0.1) is 0 Å². The first-order chi connectivity index (χ1) is 15.3. The number of piperidine rings is 1. The van der Waals surface area contributed by atoms with Crippen molar-refractivity contribution in [2.45, 2.75) is 38.3 Å². The maximum Gasteiger partial charge on any atom is 0.317 e. The molecule has 0 aromatic carbocycles. The summed E-state index contributed by atoms with van der Waals surface area (Å²) in [6.45, 7) is 4.66. The highest BCUT2D eigenvalue weighted by atomic mass is 32.1. The molecule has 8 nitrogen and oxygen atoms in total. The average Bonchev–Trinajstić information content (AvgIpc) is 3.48. The van der Waals surface area contributed by atoms with Gasteiger partial charge in [-0.05, 0) is 43.6 Å². The summed E-state index contributed by atoms with van der Waals surface area (Å²) in [4.78, 5) is 21.2. The van der Waals surface area contributed by atoms with Crippen molar-refractivity contribution in [3.8, 4) is 16.6 Å². The molecular formula is C22H26N6O2S. The summed E-state index contributed by atoms with van der Waals surface area (Å²) < 4.78 is 11.2. The summed E-state index contributed by atoms with van der Waals surface area (Å²) in [7, 11) is 0. The van der Waals surface area contributed by atoms with E-state index in [4.69, 9.17) is 9.47 Å². The Morgan fingerprint density at radius 1 is 1.10 bits per heavy atom. The minimum Gasteiger partial charge on any atom is -0.458 e. The van der Waals surface area contributed by atoms with Gasteiger partial charge in [-0.1, -0.05) is 23.8 Å². The van der Waals surface area contributed by atoms with Crippen LogP contribution in [-0.4, -0.2) is 57.2 Å². The third-order valence-corrected chi connectivity index (χ3v) is 6.40. The van der Waals surface area contributed by atoms with Crippen LogP contribution in [0.3, 0.4) is 0 Å². The zero-order chi connectivity index (χ0) is 20.9. The number of pyridine rings is 1. The molecule has 162 valence electrons. The van der Waals surface area contributed by atoms with E-state index < -0.39 is 0 Å². The molecule has 0 spiro atoms. The molecule has 2 fully saturated rings. The molecule has 2 aliphatic heterocycles. The van der Waals surface area contributed by atoms with Gasteiger partial charge in [0.15, 0.2) is 5.13 Å². The SMILES string of the molecule is c1cc(-c2cnc(Nc3ccc(CN4CCCCC4)cn3)s2)nc(O[C@H]2CCOC2)n1. The molecule has 3 aromatic rings. The monoisotopic (exact) mass is 438 g/mol. The van der Waals surface area contributed by atoms with Crippen molar-refractivity contribution in [3.05, 3.63) is 42.4 Å². The Hall–Kier alpha value is -2.62. The molecule has 1 N–H and O–H groups in total. The number of likely N-dealkylation sites (tertiary alicyclic amines) is 1. The smallest absolute Gasteiger partial charge is 0.317 e. The normalized spacial score (nSPS) is 19.4. The van der Waals surface area contributed by atoms with Gasteiger partial charge < -0.3 is 14.8 Å². The minimum absolute atomic E-state index is 0.0258. The third-order valence-electron chi connectivity index (χ3n) is 5.47. The van der Waals surface area contributed by atoms with Gasteiger partial charge >= 0.3 is 6.01 Å². The van der Waals surface area contributed by atoms with Crippen molar-refractivity contribution in [1.82, 2.24) is 24.8 Å². The number of ether oxygens (including phenoxy) is 2. The van der Waals surface area contributed by atoms with Crippen LogP contribution < -0.4 is 10.1 Å². The molecule has 9 heteroatoms. The van der Waals surface area contributed by atoms with Gasteiger partial charge in [0.05, 0.1) is 23.8 Å². The van der Waals surface area contributed by atoms with E-state index in [1.165, 1.54) is 49.3 Å². The van der Waals surface area contributed by atoms with Crippen molar-refractivity contribution < 1.29 is 9.47 Å². The summed E-state index contributed by atoms with van der Waals surface area (Å²) in [5.41, 5.74) is 2.03. The maximum atomic E-state index is 5.81. The van der Waals surface area contributed by atoms with Gasteiger partial charge in [-0.2, -0.15) is 4.98 Å². The van der Waals surface area contributed by atoms with E-state index in [0.29, 0.717) is 12.6 Å². The van der Waals surface area contributed by atoms with Crippen LogP contribution in [0, 0.1) is 0 Å². The van der Waals surface area contributed by atoms with Crippen LogP contribution >= 0.6 is 11.3 Å². The molecular weight excluding hydrogens is 412 g/mol. The van der Waals surface area contributed by atoms with Crippen LogP contribution in [0.4, 0.5) is 10.9 Å². The highest BCUT2D eigenvalue weighted by molar-refractivity contribution is 7.18. The Morgan fingerprint density at radius 2 is 2.03 bits per heavy atom. The Morgan fingerprint density at radius 3 is 2.84 bits per heavy atom. The second-order valence-electron chi connectivity index (χ2n) is 7.87. The number of hydrogen-bond acceptors (Lipinski definition) is 9. The molecule has 31 heavy (non-hydrogen) atoms. The topological polar surface area (TPSA) is 85.3 Å². The lowest BCUT2D eigenvalue weighted by Gasteiger charge is -2.26. The van der Waals surface area contributed by atoms with Crippen LogP contribution in [0.2, 0.25) is 0 Å². The van der Waals surface area contributed by atoms with E-state index in [1.54, 1.807) is 6.20 Å². The molecule has 5 heterocycles. The summed E-state index contributed by atoms with van der Waals surface area (Å²) >= 11 is 1.52. The van der Waals surface area contributed by atoms with E-state index in [0.717, 1.165) is 41.1 Å². The van der Waals surface area contributed by atoms with Crippen LogP contribution in [0.1, 0.15) is 31.2 Å². The lowest BCUT2D eigenvalue weighted by Crippen LogP contribution is -2.29. The van der Waals surface area contributed by atoms with Crippen LogP contribution in [-0.2, 0) is 11.3 Å². The predicted octanol–water partition coefficient (Wildman–Crippen LogP) is 3.89. The Labute approximate surface area is 185 Å². The predicted molar refractivity (Wildman–Crippen MR) is 120 cm³/mol. The zero-order valence-corrected chi connectivity index (χ0v) is 18.2. The number of nitrogens with zero attached hydrogens (tertiary/aromatic N) is 5. The molecule has 0 bridgehead atoms. The Balaban J connectivity index is 1.20.